The lowest BCUT2D eigenvalue weighted by Crippen LogP contribution is -2.58. The summed E-state index contributed by atoms with van der Waals surface area (Å²) < 4.78 is 11.6. The Morgan fingerprint density at radius 1 is 1.44 bits per heavy atom. The van der Waals surface area contributed by atoms with Gasteiger partial charge in [-0.2, -0.15) is 0 Å². The van der Waals surface area contributed by atoms with Crippen LogP contribution in [-0.2, 0) is 9.47 Å². The predicted octanol–water partition coefficient (Wildman–Crippen LogP) is 3.26. The molecule has 0 radical (unpaired) electrons. The number of unbranched alkanes of at least 4 members (excludes halogenated alkanes) is 1. The molecule has 2 saturated heterocycles. The number of rotatable bonds is 7. The molecule has 27 heavy (non-hydrogen) atoms. The van der Waals surface area contributed by atoms with E-state index in [1.165, 1.54) is 0 Å². The molecule has 0 spiro atoms. The number of nitrogens with one attached hydrogen (secondary N) is 1. The molecule has 1 aromatic carbocycles. The predicted molar refractivity (Wildman–Crippen MR) is 104 cm³/mol. The summed E-state index contributed by atoms with van der Waals surface area (Å²) >= 11 is 1.12. The number of esters is 1. The van der Waals surface area contributed by atoms with Crippen LogP contribution < -0.4 is 5.32 Å². The van der Waals surface area contributed by atoms with Crippen molar-refractivity contribution < 1.29 is 24.2 Å². The Balaban J connectivity index is 1.70. The monoisotopic (exact) mass is 391 g/mol. The largest absolute Gasteiger partial charge is 0.458 e. The number of aliphatic hydroxyl groups is 1. The summed E-state index contributed by atoms with van der Waals surface area (Å²) in [5.74, 6) is -1.54. The first-order valence-corrected chi connectivity index (χ1v) is 10.2. The van der Waals surface area contributed by atoms with E-state index in [9.17, 15) is 14.7 Å². The molecule has 146 valence electrons. The number of benzene rings is 1. The van der Waals surface area contributed by atoms with Gasteiger partial charge in [-0.15, -0.1) is 6.58 Å². The lowest BCUT2D eigenvalue weighted by atomic mass is 9.91. The van der Waals surface area contributed by atoms with E-state index < -0.39 is 23.9 Å². The van der Waals surface area contributed by atoms with Crippen molar-refractivity contribution >= 4 is 23.0 Å². The fraction of sp³-hybridized carbons (Fsp3) is 0.500. The van der Waals surface area contributed by atoms with Crippen molar-refractivity contribution in [3.8, 4) is 0 Å². The van der Waals surface area contributed by atoms with Crippen molar-refractivity contribution in [2.24, 2.45) is 0 Å². The normalized spacial score (nSPS) is 30.6. The SMILES string of the molecule is C=CCCC[C@@H]1CC(OC(=O)c2ccccc2)CC(O)(C2CSC(=O)N2)O1. The number of hydrogen-bond acceptors (Lipinski definition) is 6. The molecule has 2 N–H and O–H groups in total. The zero-order chi connectivity index (χ0) is 19.3. The first-order chi connectivity index (χ1) is 13.0. The van der Waals surface area contributed by atoms with Crippen LogP contribution in [0.4, 0.5) is 4.79 Å². The van der Waals surface area contributed by atoms with Crippen molar-refractivity contribution in [1.82, 2.24) is 5.32 Å². The second kappa shape index (κ2) is 8.91. The summed E-state index contributed by atoms with van der Waals surface area (Å²) in [6, 6.07) is 8.27. The highest BCUT2D eigenvalue weighted by Gasteiger charge is 2.49. The Hall–Kier alpha value is -1.83. The van der Waals surface area contributed by atoms with E-state index in [0.717, 1.165) is 31.0 Å². The molecule has 0 saturated carbocycles. The molecule has 0 aromatic heterocycles. The summed E-state index contributed by atoms with van der Waals surface area (Å²) in [4.78, 5) is 24.0. The average Bonchev–Trinajstić information content (AvgIpc) is 3.10. The fourth-order valence-corrected chi connectivity index (χ4v) is 4.38. The van der Waals surface area contributed by atoms with Crippen LogP contribution in [0.25, 0.3) is 0 Å². The molecule has 7 heteroatoms. The van der Waals surface area contributed by atoms with Crippen molar-refractivity contribution in [3.63, 3.8) is 0 Å². The van der Waals surface area contributed by atoms with Gasteiger partial charge in [0.2, 0.25) is 0 Å². The maximum Gasteiger partial charge on any atom is 0.338 e. The van der Waals surface area contributed by atoms with E-state index in [1.54, 1.807) is 24.3 Å². The molecule has 6 nitrogen and oxygen atoms in total. The Labute approximate surface area is 163 Å². The van der Waals surface area contributed by atoms with E-state index in [4.69, 9.17) is 9.47 Å². The number of carbonyl (C=O) groups is 2. The highest BCUT2D eigenvalue weighted by molar-refractivity contribution is 8.14. The van der Waals surface area contributed by atoms with Gasteiger partial charge in [-0.3, -0.25) is 4.79 Å². The summed E-state index contributed by atoms with van der Waals surface area (Å²) in [6.07, 6.45) is 4.21. The summed E-state index contributed by atoms with van der Waals surface area (Å²) in [6.45, 7) is 3.72. The minimum atomic E-state index is -1.54. The average molecular weight is 391 g/mol. The van der Waals surface area contributed by atoms with E-state index in [1.807, 2.05) is 12.1 Å². The first kappa shape index (κ1) is 19.9. The van der Waals surface area contributed by atoms with Gasteiger partial charge >= 0.3 is 5.97 Å². The fourth-order valence-electron chi connectivity index (χ4n) is 3.49. The van der Waals surface area contributed by atoms with Gasteiger partial charge in [-0.25, -0.2) is 4.79 Å². The summed E-state index contributed by atoms with van der Waals surface area (Å²) in [5.41, 5.74) is 0.473. The Kier molecular flexibility index (Phi) is 6.57. The number of amides is 1. The van der Waals surface area contributed by atoms with Gasteiger partial charge in [0.15, 0.2) is 5.79 Å². The van der Waals surface area contributed by atoms with Gasteiger partial charge in [0.25, 0.3) is 5.24 Å². The van der Waals surface area contributed by atoms with Crippen LogP contribution in [0, 0.1) is 0 Å². The van der Waals surface area contributed by atoms with E-state index in [2.05, 4.69) is 11.9 Å². The van der Waals surface area contributed by atoms with Crippen LogP contribution >= 0.6 is 11.8 Å². The number of thioether (sulfide) groups is 1. The number of hydrogen-bond donors (Lipinski definition) is 2. The van der Waals surface area contributed by atoms with Crippen molar-refractivity contribution in [1.29, 1.82) is 0 Å². The summed E-state index contributed by atoms with van der Waals surface area (Å²) in [7, 11) is 0. The molecular weight excluding hydrogens is 366 g/mol. The highest BCUT2D eigenvalue weighted by Crippen LogP contribution is 2.36. The van der Waals surface area contributed by atoms with Crippen molar-refractivity contribution in [3.05, 3.63) is 48.6 Å². The maximum absolute atomic E-state index is 12.4. The Morgan fingerprint density at radius 3 is 2.89 bits per heavy atom. The lowest BCUT2D eigenvalue weighted by Gasteiger charge is -2.43. The van der Waals surface area contributed by atoms with Crippen LogP contribution in [0.1, 0.15) is 42.5 Å². The highest BCUT2D eigenvalue weighted by atomic mass is 32.2. The smallest absolute Gasteiger partial charge is 0.338 e. The zero-order valence-corrected chi connectivity index (χ0v) is 16.0. The number of carbonyl (C=O) groups excluding carboxylic acids is 2. The molecule has 1 amide bonds. The van der Waals surface area contributed by atoms with Crippen LogP contribution in [0.2, 0.25) is 0 Å². The van der Waals surface area contributed by atoms with Crippen LogP contribution in [-0.4, -0.2) is 46.1 Å². The second-order valence-electron chi connectivity index (χ2n) is 6.93. The molecular formula is C20H25NO5S. The van der Waals surface area contributed by atoms with Crippen molar-refractivity contribution in [2.45, 2.75) is 56.1 Å². The molecule has 2 heterocycles. The molecule has 0 bridgehead atoms. The maximum atomic E-state index is 12.4. The topological polar surface area (TPSA) is 84.9 Å². The van der Waals surface area contributed by atoms with Gasteiger partial charge < -0.3 is 19.9 Å². The third-order valence-electron chi connectivity index (χ3n) is 4.85. The van der Waals surface area contributed by atoms with Crippen LogP contribution in [0.5, 0.6) is 0 Å². The zero-order valence-electron chi connectivity index (χ0n) is 15.1. The van der Waals surface area contributed by atoms with E-state index >= 15 is 0 Å². The molecule has 1 aromatic rings. The van der Waals surface area contributed by atoms with Gasteiger partial charge in [0.1, 0.15) is 6.10 Å². The summed E-state index contributed by atoms with van der Waals surface area (Å²) in [5, 5.41) is 13.7. The van der Waals surface area contributed by atoms with Crippen molar-refractivity contribution in [2.75, 3.05) is 5.75 Å². The van der Waals surface area contributed by atoms with Gasteiger partial charge in [0.05, 0.1) is 17.7 Å². The first-order valence-electron chi connectivity index (χ1n) is 9.20. The molecule has 2 fully saturated rings. The second-order valence-corrected chi connectivity index (χ2v) is 7.93. The van der Waals surface area contributed by atoms with Crippen LogP contribution in [0.3, 0.4) is 0 Å². The third kappa shape index (κ3) is 5.12. The standard InChI is InChI=1S/C20H25NO5S/c1-2-3-5-10-15-11-16(25-18(22)14-8-6-4-7-9-14)12-20(24,26-15)17-13-27-19(23)21-17/h2,4,6-9,15-17,24H,1,3,5,10-13H2,(H,21,23)/t15-,16?,17?,20?/m1/s1. The molecule has 2 aliphatic heterocycles. The number of allylic oxidation sites excluding steroid dienone is 1. The van der Waals surface area contributed by atoms with Gasteiger partial charge in [-0.1, -0.05) is 36.0 Å². The molecule has 3 unspecified atom stereocenters. The molecule has 0 aliphatic carbocycles. The molecule has 2 aliphatic rings. The quantitative estimate of drug-likeness (QED) is 0.422. The minimum absolute atomic E-state index is 0.134. The van der Waals surface area contributed by atoms with Gasteiger partial charge in [-0.05, 0) is 31.4 Å². The lowest BCUT2D eigenvalue weighted by molar-refractivity contribution is -0.281. The van der Waals surface area contributed by atoms with E-state index in [-0.39, 0.29) is 17.8 Å². The van der Waals surface area contributed by atoms with Gasteiger partial charge in [0, 0.05) is 18.6 Å². The Morgan fingerprint density at radius 2 is 2.22 bits per heavy atom. The van der Waals surface area contributed by atoms with Crippen LogP contribution in [0.15, 0.2) is 43.0 Å². The number of ether oxygens (including phenoxy) is 2. The third-order valence-corrected chi connectivity index (χ3v) is 5.73. The Bertz CT molecular complexity index is 682. The minimum Gasteiger partial charge on any atom is -0.458 e. The van der Waals surface area contributed by atoms with E-state index in [0.29, 0.717) is 17.7 Å². The molecule has 3 rings (SSSR count). The molecule has 4 atom stereocenters.